The van der Waals surface area contributed by atoms with Crippen molar-refractivity contribution in [1.29, 1.82) is 0 Å². The summed E-state index contributed by atoms with van der Waals surface area (Å²) in [6.07, 6.45) is 1.24. The van der Waals surface area contributed by atoms with E-state index in [1.54, 1.807) is 11.8 Å². The van der Waals surface area contributed by atoms with Crippen molar-refractivity contribution in [3.8, 4) is 0 Å². The lowest BCUT2D eigenvalue weighted by atomic mass is 10.3. The van der Waals surface area contributed by atoms with Crippen LogP contribution in [0, 0.1) is 0 Å². The van der Waals surface area contributed by atoms with Crippen LogP contribution < -0.4 is 10.6 Å². The standard InChI is InChI=1S/C12H19N5O2S/c1-8-9(2-5-19-8)20-12-15-10(13)14-11(16-12)17-3-6-18-7-4-17/h8-9H,2-7H2,1H3,(H2,13,14,15,16). The maximum Gasteiger partial charge on any atom is 0.231 e. The predicted molar refractivity (Wildman–Crippen MR) is 76.9 cm³/mol. The van der Waals surface area contributed by atoms with E-state index in [2.05, 4.69) is 26.8 Å². The first-order valence-electron chi connectivity index (χ1n) is 6.85. The fraction of sp³-hybridized carbons (Fsp3) is 0.750. The second kappa shape index (κ2) is 6.11. The minimum Gasteiger partial charge on any atom is -0.378 e. The molecule has 20 heavy (non-hydrogen) atoms. The normalized spacial score (nSPS) is 26.9. The highest BCUT2D eigenvalue weighted by Gasteiger charge is 2.27. The molecule has 3 rings (SSSR count). The van der Waals surface area contributed by atoms with E-state index >= 15 is 0 Å². The van der Waals surface area contributed by atoms with Crippen molar-refractivity contribution in [2.45, 2.75) is 29.9 Å². The van der Waals surface area contributed by atoms with Gasteiger partial charge in [0, 0.05) is 24.9 Å². The van der Waals surface area contributed by atoms with Crippen molar-refractivity contribution in [3.05, 3.63) is 0 Å². The molecule has 0 saturated carbocycles. The summed E-state index contributed by atoms with van der Waals surface area (Å²) in [6.45, 7) is 5.85. The van der Waals surface area contributed by atoms with Crippen molar-refractivity contribution in [2.75, 3.05) is 43.5 Å². The third-order valence-electron chi connectivity index (χ3n) is 3.48. The van der Waals surface area contributed by atoms with E-state index in [9.17, 15) is 0 Å². The Morgan fingerprint density at radius 2 is 2.00 bits per heavy atom. The van der Waals surface area contributed by atoms with Crippen molar-refractivity contribution in [1.82, 2.24) is 15.0 Å². The van der Waals surface area contributed by atoms with E-state index in [-0.39, 0.29) is 12.1 Å². The van der Waals surface area contributed by atoms with Gasteiger partial charge in [0.25, 0.3) is 0 Å². The first kappa shape index (κ1) is 13.8. The van der Waals surface area contributed by atoms with Gasteiger partial charge in [-0.25, -0.2) is 0 Å². The number of morpholine rings is 1. The maximum absolute atomic E-state index is 5.81. The topological polar surface area (TPSA) is 86.4 Å². The minimum absolute atomic E-state index is 0.227. The lowest BCUT2D eigenvalue weighted by molar-refractivity contribution is 0.122. The van der Waals surface area contributed by atoms with Crippen molar-refractivity contribution < 1.29 is 9.47 Å². The van der Waals surface area contributed by atoms with Crippen LogP contribution >= 0.6 is 11.8 Å². The average molecular weight is 297 g/mol. The lowest BCUT2D eigenvalue weighted by Crippen LogP contribution is -2.37. The summed E-state index contributed by atoms with van der Waals surface area (Å²) in [7, 11) is 0. The van der Waals surface area contributed by atoms with E-state index in [1.807, 2.05) is 0 Å². The van der Waals surface area contributed by atoms with Gasteiger partial charge in [-0.15, -0.1) is 0 Å². The summed E-state index contributed by atoms with van der Waals surface area (Å²) < 4.78 is 10.9. The fourth-order valence-corrected chi connectivity index (χ4v) is 3.36. The molecule has 0 bridgehead atoms. The molecule has 3 heterocycles. The Bertz CT molecular complexity index is 469. The van der Waals surface area contributed by atoms with Gasteiger partial charge in [-0.2, -0.15) is 15.0 Å². The number of nitrogen functional groups attached to an aromatic ring is 1. The number of hydrogen-bond acceptors (Lipinski definition) is 8. The van der Waals surface area contributed by atoms with Crippen LogP contribution in [0.3, 0.4) is 0 Å². The molecule has 2 saturated heterocycles. The first-order valence-corrected chi connectivity index (χ1v) is 7.73. The van der Waals surface area contributed by atoms with Crippen LogP contribution in [-0.2, 0) is 9.47 Å². The number of aromatic nitrogens is 3. The smallest absolute Gasteiger partial charge is 0.231 e. The number of rotatable bonds is 3. The lowest BCUT2D eigenvalue weighted by Gasteiger charge is -2.27. The van der Waals surface area contributed by atoms with E-state index in [4.69, 9.17) is 15.2 Å². The van der Waals surface area contributed by atoms with Crippen molar-refractivity contribution in [2.24, 2.45) is 0 Å². The third kappa shape index (κ3) is 3.13. The molecule has 7 nitrogen and oxygen atoms in total. The molecule has 0 aromatic carbocycles. The zero-order valence-corrected chi connectivity index (χ0v) is 12.3. The Morgan fingerprint density at radius 3 is 2.70 bits per heavy atom. The van der Waals surface area contributed by atoms with Gasteiger partial charge in [0.15, 0.2) is 5.16 Å². The predicted octanol–water partition coefficient (Wildman–Crippen LogP) is 0.560. The van der Waals surface area contributed by atoms with Crippen LogP contribution in [0.4, 0.5) is 11.9 Å². The summed E-state index contributed by atoms with van der Waals surface area (Å²) in [5.41, 5.74) is 5.81. The molecule has 2 N–H and O–H groups in total. The molecule has 110 valence electrons. The monoisotopic (exact) mass is 297 g/mol. The minimum atomic E-state index is 0.227. The molecule has 0 amide bonds. The van der Waals surface area contributed by atoms with E-state index in [0.29, 0.717) is 29.6 Å². The molecule has 2 atom stereocenters. The van der Waals surface area contributed by atoms with Gasteiger partial charge in [-0.3, -0.25) is 0 Å². The molecule has 2 aliphatic rings. The molecule has 0 radical (unpaired) electrons. The molecule has 8 heteroatoms. The average Bonchev–Trinajstić information content (AvgIpc) is 2.85. The second-order valence-corrected chi connectivity index (χ2v) is 6.10. The SMILES string of the molecule is CC1OCCC1Sc1nc(N)nc(N2CCOCC2)n1. The van der Waals surface area contributed by atoms with Crippen LogP contribution in [0.5, 0.6) is 0 Å². The molecule has 1 aromatic heterocycles. The number of anilines is 2. The maximum atomic E-state index is 5.81. The summed E-state index contributed by atoms with van der Waals surface area (Å²) in [5, 5.41) is 1.07. The zero-order valence-electron chi connectivity index (χ0n) is 11.5. The number of ether oxygens (including phenoxy) is 2. The van der Waals surface area contributed by atoms with E-state index < -0.39 is 0 Å². The van der Waals surface area contributed by atoms with Gasteiger partial charge in [-0.1, -0.05) is 11.8 Å². The summed E-state index contributed by atoms with van der Waals surface area (Å²) in [6, 6.07) is 0. The molecule has 2 fully saturated rings. The molecule has 2 unspecified atom stereocenters. The highest BCUT2D eigenvalue weighted by atomic mass is 32.2. The highest BCUT2D eigenvalue weighted by Crippen LogP contribution is 2.31. The number of hydrogen-bond donors (Lipinski definition) is 1. The van der Waals surface area contributed by atoms with Crippen molar-refractivity contribution >= 4 is 23.7 Å². The van der Waals surface area contributed by atoms with Gasteiger partial charge >= 0.3 is 0 Å². The first-order chi connectivity index (χ1) is 9.72. The van der Waals surface area contributed by atoms with Crippen LogP contribution in [0.25, 0.3) is 0 Å². The van der Waals surface area contributed by atoms with Crippen LogP contribution in [0.15, 0.2) is 5.16 Å². The van der Waals surface area contributed by atoms with Gasteiger partial charge in [-0.05, 0) is 13.3 Å². The zero-order chi connectivity index (χ0) is 13.9. The highest BCUT2D eigenvalue weighted by molar-refractivity contribution is 7.99. The Morgan fingerprint density at radius 1 is 1.20 bits per heavy atom. The molecule has 2 aliphatic heterocycles. The van der Waals surface area contributed by atoms with Gasteiger partial charge in [0.05, 0.1) is 19.3 Å². The van der Waals surface area contributed by atoms with E-state index in [1.165, 1.54) is 0 Å². The number of nitrogens with zero attached hydrogens (tertiary/aromatic N) is 4. The second-order valence-electron chi connectivity index (χ2n) is 4.90. The van der Waals surface area contributed by atoms with Gasteiger partial charge in [0.1, 0.15) is 0 Å². The molecular formula is C12H19N5O2S. The number of thioether (sulfide) groups is 1. The van der Waals surface area contributed by atoms with Crippen LogP contribution in [0.1, 0.15) is 13.3 Å². The summed E-state index contributed by atoms with van der Waals surface area (Å²) >= 11 is 1.63. The Kier molecular flexibility index (Phi) is 4.23. The fourth-order valence-electron chi connectivity index (χ4n) is 2.32. The van der Waals surface area contributed by atoms with Gasteiger partial charge in [0.2, 0.25) is 11.9 Å². The van der Waals surface area contributed by atoms with Crippen LogP contribution in [-0.4, -0.2) is 59.2 Å². The number of nitrogens with two attached hydrogens (primary N) is 1. The molecule has 0 spiro atoms. The molecule has 1 aromatic rings. The Labute approximate surface area is 122 Å². The van der Waals surface area contributed by atoms with Crippen molar-refractivity contribution in [3.63, 3.8) is 0 Å². The van der Waals surface area contributed by atoms with Gasteiger partial charge < -0.3 is 20.1 Å². The summed E-state index contributed by atoms with van der Waals surface area (Å²) in [5.74, 6) is 0.922. The quantitative estimate of drug-likeness (QED) is 0.866. The Hall–Kier alpha value is -1.12. The summed E-state index contributed by atoms with van der Waals surface area (Å²) in [4.78, 5) is 15.1. The largest absolute Gasteiger partial charge is 0.378 e. The molecular weight excluding hydrogens is 278 g/mol. The molecule has 0 aliphatic carbocycles. The van der Waals surface area contributed by atoms with Crippen LogP contribution in [0.2, 0.25) is 0 Å². The third-order valence-corrected chi connectivity index (χ3v) is 4.79. The van der Waals surface area contributed by atoms with E-state index in [0.717, 1.165) is 26.1 Å². The Balaban J connectivity index is 1.75.